The Morgan fingerprint density at radius 1 is 1.07 bits per heavy atom. The van der Waals surface area contributed by atoms with Crippen molar-refractivity contribution in [1.82, 2.24) is 4.90 Å². The molecule has 3 nitrogen and oxygen atoms in total. The van der Waals surface area contributed by atoms with Crippen molar-refractivity contribution in [3.8, 4) is 5.75 Å². The Kier molecular flexibility index (Phi) is 4.93. The predicted molar refractivity (Wildman–Crippen MR) is 121 cm³/mol. The standard InChI is InChI=1S/C26H36ClNO2/c1-16-15-21-25(2,14-12-23(29)28(21)4)18-11-13-26(3)17(24(16)18)9-10-22(26)30-20-8-6-5-7-19(20)27/h5-8,16-18,21-22,24H,9-15H2,1-4H3/t16?,17-,18+,21?,22?,24-,25+,26-/m0/s1. The number of para-hydroxylation sites is 1. The number of likely N-dealkylation sites (tertiary alicyclic amines) is 1. The van der Waals surface area contributed by atoms with E-state index in [1.807, 2.05) is 31.3 Å². The van der Waals surface area contributed by atoms with Crippen LogP contribution in [0.4, 0.5) is 0 Å². The summed E-state index contributed by atoms with van der Waals surface area (Å²) in [6.07, 6.45) is 8.06. The number of hydrogen-bond acceptors (Lipinski definition) is 2. The zero-order valence-electron chi connectivity index (χ0n) is 18.9. The maximum atomic E-state index is 12.4. The van der Waals surface area contributed by atoms with Crippen LogP contribution in [0.3, 0.4) is 0 Å². The number of carbonyl (C=O) groups excluding carboxylic acids is 1. The topological polar surface area (TPSA) is 29.5 Å². The van der Waals surface area contributed by atoms with Gasteiger partial charge in [0, 0.05) is 24.9 Å². The van der Waals surface area contributed by atoms with Crippen molar-refractivity contribution in [3.63, 3.8) is 0 Å². The minimum atomic E-state index is 0.216. The first-order valence-corrected chi connectivity index (χ1v) is 12.3. The highest BCUT2D eigenvalue weighted by molar-refractivity contribution is 6.32. The van der Waals surface area contributed by atoms with Crippen molar-refractivity contribution in [2.45, 2.75) is 77.9 Å². The fourth-order valence-corrected chi connectivity index (χ4v) is 8.48. The van der Waals surface area contributed by atoms with Gasteiger partial charge in [0.15, 0.2) is 0 Å². The van der Waals surface area contributed by atoms with Crippen molar-refractivity contribution in [2.24, 2.45) is 34.5 Å². The lowest BCUT2D eigenvalue weighted by atomic mass is 9.45. The molecule has 0 radical (unpaired) electrons. The lowest BCUT2D eigenvalue weighted by molar-refractivity contribution is -0.168. The van der Waals surface area contributed by atoms with Crippen LogP contribution in [0, 0.1) is 34.5 Å². The summed E-state index contributed by atoms with van der Waals surface area (Å²) in [5.41, 5.74) is 0.483. The van der Waals surface area contributed by atoms with Gasteiger partial charge >= 0.3 is 0 Å². The largest absolute Gasteiger partial charge is 0.488 e. The molecule has 1 aliphatic heterocycles. The molecular weight excluding hydrogens is 394 g/mol. The van der Waals surface area contributed by atoms with Gasteiger partial charge in [-0.05, 0) is 79.7 Å². The summed E-state index contributed by atoms with van der Waals surface area (Å²) in [6.45, 7) is 7.44. The molecule has 3 unspecified atom stereocenters. The second-order valence-electron chi connectivity index (χ2n) is 11.2. The number of amides is 1. The van der Waals surface area contributed by atoms with Crippen molar-refractivity contribution in [1.29, 1.82) is 0 Å². The van der Waals surface area contributed by atoms with Gasteiger partial charge in [-0.15, -0.1) is 0 Å². The van der Waals surface area contributed by atoms with Crippen LogP contribution in [-0.2, 0) is 4.79 Å². The lowest BCUT2D eigenvalue weighted by Gasteiger charge is -2.63. The summed E-state index contributed by atoms with van der Waals surface area (Å²) in [7, 11) is 2.05. The molecule has 3 aliphatic carbocycles. The molecule has 1 aromatic rings. The molecule has 3 saturated carbocycles. The third-order valence-corrected chi connectivity index (χ3v) is 10.3. The Bertz CT molecular complexity index is 842. The molecule has 1 aromatic carbocycles. The van der Waals surface area contributed by atoms with Crippen molar-refractivity contribution < 1.29 is 9.53 Å². The molecule has 1 saturated heterocycles. The van der Waals surface area contributed by atoms with Gasteiger partial charge < -0.3 is 9.64 Å². The van der Waals surface area contributed by atoms with Crippen LogP contribution in [0.5, 0.6) is 5.75 Å². The molecule has 4 heteroatoms. The van der Waals surface area contributed by atoms with Crippen LogP contribution < -0.4 is 4.74 Å². The molecule has 4 aliphatic rings. The third kappa shape index (κ3) is 2.87. The van der Waals surface area contributed by atoms with Crippen molar-refractivity contribution in [2.75, 3.05) is 7.05 Å². The fraction of sp³-hybridized carbons (Fsp3) is 0.731. The minimum absolute atomic E-state index is 0.216. The van der Waals surface area contributed by atoms with Crippen LogP contribution >= 0.6 is 11.6 Å². The SMILES string of the molecule is CC1CC2N(C)C(=O)CC[C@]2(C)[C@@H]2CC[C@]3(C)C(Oc4ccccc4Cl)CC[C@H]3[C@H]12. The number of piperidine rings is 1. The summed E-state index contributed by atoms with van der Waals surface area (Å²) in [5, 5.41) is 0.717. The molecule has 5 rings (SSSR count). The summed E-state index contributed by atoms with van der Waals surface area (Å²) < 4.78 is 6.57. The highest BCUT2D eigenvalue weighted by atomic mass is 35.5. The zero-order chi connectivity index (χ0) is 21.3. The van der Waals surface area contributed by atoms with Gasteiger partial charge in [0.2, 0.25) is 5.91 Å². The molecule has 1 amide bonds. The van der Waals surface area contributed by atoms with E-state index in [2.05, 4.69) is 25.7 Å². The van der Waals surface area contributed by atoms with Crippen molar-refractivity contribution >= 4 is 17.5 Å². The van der Waals surface area contributed by atoms with Gasteiger partial charge in [0.25, 0.3) is 0 Å². The molecule has 0 spiro atoms. The Hall–Kier alpha value is -1.22. The third-order valence-electron chi connectivity index (χ3n) is 9.95. The summed E-state index contributed by atoms with van der Waals surface area (Å²) >= 11 is 6.42. The van der Waals surface area contributed by atoms with Crippen LogP contribution in [0.15, 0.2) is 24.3 Å². The number of hydrogen-bond donors (Lipinski definition) is 0. The molecule has 0 N–H and O–H groups in total. The number of ether oxygens (including phenoxy) is 1. The molecule has 164 valence electrons. The average molecular weight is 430 g/mol. The van der Waals surface area contributed by atoms with E-state index in [0.717, 1.165) is 48.3 Å². The van der Waals surface area contributed by atoms with Gasteiger partial charge in [0.1, 0.15) is 11.9 Å². The summed E-state index contributed by atoms with van der Waals surface area (Å²) in [5.74, 6) is 4.01. The molecule has 0 aromatic heterocycles. The first kappa shape index (κ1) is 20.7. The van der Waals surface area contributed by atoms with Crippen LogP contribution in [0.2, 0.25) is 5.02 Å². The number of halogens is 1. The Morgan fingerprint density at radius 3 is 2.57 bits per heavy atom. The number of nitrogens with zero attached hydrogens (tertiary/aromatic N) is 1. The number of benzene rings is 1. The van der Waals surface area contributed by atoms with Gasteiger partial charge in [-0.3, -0.25) is 4.79 Å². The van der Waals surface area contributed by atoms with Gasteiger partial charge in [-0.1, -0.05) is 44.5 Å². The summed E-state index contributed by atoms with van der Waals surface area (Å²) in [4.78, 5) is 14.5. The fourth-order valence-electron chi connectivity index (χ4n) is 8.30. The maximum Gasteiger partial charge on any atom is 0.222 e. The normalized spacial score (nSPS) is 45.5. The smallest absolute Gasteiger partial charge is 0.222 e. The van der Waals surface area contributed by atoms with Crippen LogP contribution in [0.1, 0.15) is 65.7 Å². The highest BCUT2D eigenvalue weighted by Crippen LogP contribution is 2.66. The zero-order valence-corrected chi connectivity index (χ0v) is 19.6. The number of rotatable bonds is 2. The van der Waals surface area contributed by atoms with E-state index in [1.54, 1.807) is 0 Å². The molecule has 4 fully saturated rings. The van der Waals surface area contributed by atoms with Gasteiger partial charge in [0.05, 0.1) is 5.02 Å². The molecular formula is C26H36ClNO2. The molecule has 8 atom stereocenters. The van der Waals surface area contributed by atoms with E-state index in [9.17, 15) is 4.79 Å². The van der Waals surface area contributed by atoms with Gasteiger partial charge in [-0.25, -0.2) is 0 Å². The predicted octanol–water partition coefficient (Wildman–Crippen LogP) is 6.20. The number of carbonyl (C=O) groups is 1. The van der Waals surface area contributed by atoms with Gasteiger partial charge in [-0.2, -0.15) is 0 Å². The first-order valence-electron chi connectivity index (χ1n) is 11.9. The summed E-state index contributed by atoms with van der Waals surface area (Å²) in [6, 6.07) is 8.32. The monoisotopic (exact) mass is 429 g/mol. The van der Waals surface area contributed by atoms with E-state index in [4.69, 9.17) is 16.3 Å². The van der Waals surface area contributed by atoms with Crippen LogP contribution in [-0.4, -0.2) is 30.0 Å². The quantitative estimate of drug-likeness (QED) is 0.560. The second kappa shape index (κ2) is 7.15. The van der Waals surface area contributed by atoms with E-state index in [0.29, 0.717) is 23.8 Å². The molecule has 0 bridgehead atoms. The Morgan fingerprint density at radius 2 is 1.80 bits per heavy atom. The lowest BCUT2D eigenvalue weighted by Crippen LogP contribution is -2.63. The second-order valence-corrected chi connectivity index (χ2v) is 11.6. The Balaban J connectivity index is 1.43. The van der Waals surface area contributed by atoms with Crippen LogP contribution in [0.25, 0.3) is 0 Å². The first-order chi connectivity index (χ1) is 14.3. The molecule has 1 heterocycles. The highest BCUT2D eigenvalue weighted by Gasteiger charge is 2.63. The van der Waals surface area contributed by atoms with E-state index in [1.165, 1.54) is 19.3 Å². The number of fused-ring (bicyclic) bond motifs is 5. The molecule has 30 heavy (non-hydrogen) atoms. The van der Waals surface area contributed by atoms with E-state index >= 15 is 0 Å². The average Bonchev–Trinajstić information content (AvgIpc) is 3.05. The Labute approximate surface area is 186 Å². The minimum Gasteiger partial charge on any atom is -0.488 e. The van der Waals surface area contributed by atoms with E-state index < -0.39 is 0 Å². The maximum absolute atomic E-state index is 12.4. The van der Waals surface area contributed by atoms with Crippen molar-refractivity contribution in [3.05, 3.63) is 29.3 Å². The van der Waals surface area contributed by atoms with E-state index in [-0.39, 0.29) is 16.9 Å².